The van der Waals surface area contributed by atoms with Crippen LogP contribution in [0.15, 0.2) is 24.4 Å². The summed E-state index contributed by atoms with van der Waals surface area (Å²) in [4.78, 5) is 6.94. The van der Waals surface area contributed by atoms with E-state index < -0.39 is 0 Å². The van der Waals surface area contributed by atoms with Gasteiger partial charge >= 0.3 is 0 Å². The summed E-state index contributed by atoms with van der Waals surface area (Å²) in [7, 11) is 2.27. The second kappa shape index (κ2) is 6.02. The first-order chi connectivity index (χ1) is 9.33. The van der Waals surface area contributed by atoms with Crippen LogP contribution in [0.2, 0.25) is 0 Å². The molecule has 2 aliphatic carbocycles. The molecule has 1 aromatic heterocycles. The molecule has 104 valence electrons. The van der Waals surface area contributed by atoms with Crippen LogP contribution >= 0.6 is 0 Å². The largest absolute Gasteiger partial charge is 0.314 e. The highest BCUT2D eigenvalue weighted by Gasteiger charge is 2.34. The first kappa shape index (κ1) is 13.1. The average molecular weight is 259 g/mol. The molecule has 0 aromatic carbocycles. The van der Waals surface area contributed by atoms with Gasteiger partial charge in [0.15, 0.2) is 0 Å². The van der Waals surface area contributed by atoms with Crippen LogP contribution in [0.25, 0.3) is 0 Å². The number of hydrogen-bond acceptors (Lipinski definition) is 3. The van der Waals surface area contributed by atoms with Gasteiger partial charge in [0.1, 0.15) is 0 Å². The molecule has 19 heavy (non-hydrogen) atoms. The Hall–Kier alpha value is -0.930. The standard InChI is InChI=1S/C16H25N3/c1-19(11-9-14-4-2-3-10-17-14)16-8-5-13(16)12-18-15-6-7-15/h2-4,10,13,15-16,18H,5-9,11-12H2,1H3. The van der Waals surface area contributed by atoms with Crippen LogP contribution in [0.1, 0.15) is 31.4 Å². The molecule has 2 saturated carbocycles. The Labute approximate surface area is 116 Å². The summed E-state index contributed by atoms with van der Waals surface area (Å²) in [6.07, 6.45) is 8.52. The van der Waals surface area contributed by atoms with Gasteiger partial charge in [-0.15, -0.1) is 0 Å². The van der Waals surface area contributed by atoms with Crippen LogP contribution < -0.4 is 5.32 Å². The van der Waals surface area contributed by atoms with Gasteiger partial charge in [0, 0.05) is 36.9 Å². The molecule has 0 saturated heterocycles. The summed E-state index contributed by atoms with van der Waals surface area (Å²) in [5, 5.41) is 3.68. The molecule has 1 N–H and O–H groups in total. The van der Waals surface area contributed by atoms with Gasteiger partial charge in [-0.05, 0) is 57.3 Å². The van der Waals surface area contributed by atoms with Crippen molar-refractivity contribution in [2.45, 2.75) is 44.2 Å². The Kier molecular flexibility index (Phi) is 4.14. The topological polar surface area (TPSA) is 28.2 Å². The van der Waals surface area contributed by atoms with Crippen molar-refractivity contribution in [3.8, 4) is 0 Å². The lowest BCUT2D eigenvalue weighted by atomic mass is 9.78. The smallest absolute Gasteiger partial charge is 0.0416 e. The molecule has 3 rings (SSSR count). The number of nitrogens with zero attached hydrogens (tertiary/aromatic N) is 2. The van der Waals surface area contributed by atoms with Gasteiger partial charge in [0.05, 0.1) is 0 Å². The van der Waals surface area contributed by atoms with Gasteiger partial charge < -0.3 is 10.2 Å². The van der Waals surface area contributed by atoms with E-state index in [0.29, 0.717) is 0 Å². The summed E-state index contributed by atoms with van der Waals surface area (Å²) in [5.41, 5.74) is 1.21. The van der Waals surface area contributed by atoms with E-state index in [9.17, 15) is 0 Å². The van der Waals surface area contributed by atoms with Crippen LogP contribution in [0.3, 0.4) is 0 Å². The van der Waals surface area contributed by atoms with E-state index >= 15 is 0 Å². The molecular formula is C16H25N3. The van der Waals surface area contributed by atoms with E-state index in [1.54, 1.807) is 0 Å². The van der Waals surface area contributed by atoms with Gasteiger partial charge in [0.2, 0.25) is 0 Å². The Morgan fingerprint density at radius 2 is 2.16 bits per heavy atom. The van der Waals surface area contributed by atoms with E-state index in [1.807, 2.05) is 12.3 Å². The van der Waals surface area contributed by atoms with Crippen molar-refractivity contribution in [1.82, 2.24) is 15.2 Å². The lowest BCUT2D eigenvalue weighted by molar-refractivity contribution is 0.0843. The lowest BCUT2D eigenvalue weighted by Gasteiger charge is -2.43. The third-order valence-electron chi connectivity index (χ3n) is 4.64. The fraction of sp³-hybridized carbons (Fsp3) is 0.688. The SMILES string of the molecule is CN(CCc1ccccn1)C1CCC1CNC1CC1. The van der Waals surface area contributed by atoms with Crippen LogP contribution in [-0.2, 0) is 6.42 Å². The first-order valence-electron chi connectivity index (χ1n) is 7.66. The number of likely N-dealkylation sites (N-methyl/N-ethyl adjacent to an activating group) is 1. The maximum atomic E-state index is 4.40. The van der Waals surface area contributed by atoms with Crippen LogP contribution in [-0.4, -0.2) is 42.1 Å². The average Bonchev–Trinajstić information content (AvgIpc) is 3.21. The summed E-state index contributed by atoms with van der Waals surface area (Å²) in [6, 6.07) is 7.82. The quantitative estimate of drug-likeness (QED) is 0.812. The molecule has 1 aromatic rings. The fourth-order valence-corrected chi connectivity index (χ4v) is 2.98. The zero-order valence-electron chi connectivity index (χ0n) is 11.9. The summed E-state index contributed by atoms with van der Waals surface area (Å²) >= 11 is 0. The molecule has 0 radical (unpaired) electrons. The zero-order chi connectivity index (χ0) is 13.1. The molecule has 2 fully saturated rings. The van der Waals surface area contributed by atoms with Crippen molar-refractivity contribution in [1.29, 1.82) is 0 Å². The molecular weight excluding hydrogens is 234 g/mol. The maximum absolute atomic E-state index is 4.40. The third kappa shape index (κ3) is 3.54. The van der Waals surface area contributed by atoms with Crippen LogP contribution in [0, 0.1) is 5.92 Å². The fourth-order valence-electron chi connectivity index (χ4n) is 2.98. The van der Waals surface area contributed by atoms with Crippen LogP contribution in [0.4, 0.5) is 0 Å². The predicted molar refractivity (Wildman–Crippen MR) is 78.1 cm³/mol. The summed E-state index contributed by atoms with van der Waals surface area (Å²) in [5.74, 6) is 0.870. The van der Waals surface area contributed by atoms with Crippen molar-refractivity contribution in [3.05, 3.63) is 30.1 Å². The monoisotopic (exact) mass is 259 g/mol. The molecule has 0 amide bonds. The van der Waals surface area contributed by atoms with Crippen molar-refractivity contribution >= 4 is 0 Å². The maximum Gasteiger partial charge on any atom is 0.0416 e. The molecule has 2 atom stereocenters. The number of aromatic nitrogens is 1. The highest BCUT2D eigenvalue weighted by molar-refractivity contribution is 5.04. The number of pyridine rings is 1. The number of hydrogen-bond donors (Lipinski definition) is 1. The minimum absolute atomic E-state index is 0.787. The summed E-state index contributed by atoms with van der Waals surface area (Å²) < 4.78 is 0. The van der Waals surface area contributed by atoms with Gasteiger partial charge in [-0.3, -0.25) is 4.98 Å². The Bertz CT molecular complexity index is 388. The highest BCUT2D eigenvalue weighted by Crippen LogP contribution is 2.32. The van der Waals surface area contributed by atoms with Crippen LogP contribution in [0.5, 0.6) is 0 Å². The number of nitrogens with one attached hydrogen (secondary N) is 1. The molecule has 0 spiro atoms. The van der Waals surface area contributed by atoms with Gasteiger partial charge in [-0.2, -0.15) is 0 Å². The second-order valence-corrected chi connectivity index (χ2v) is 6.14. The molecule has 1 heterocycles. The van der Waals surface area contributed by atoms with E-state index in [2.05, 4.69) is 34.4 Å². The zero-order valence-corrected chi connectivity index (χ0v) is 11.9. The van der Waals surface area contributed by atoms with E-state index in [0.717, 1.165) is 31.0 Å². The second-order valence-electron chi connectivity index (χ2n) is 6.14. The molecule has 3 heteroatoms. The molecule has 0 aliphatic heterocycles. The summed E-state index contributed by atoms with van der Waals surface area (Å²) in [6.45, 7) is 2.35. The molecule has 0 bridgehead atoms. The third-order valence-corrected chi connectivity index (χ3v) is 4.64. The van der Waals surface area contributed by atoms with Crippen molar-refractivity contribution < 1.29 is 0 Å². The lowest BCUT2D eigenvalue weighted by Crippen LogP contribution is -2.49. The predicted octanol–water partition coefficient (Wildman–Crippen LogP) is 2.09. The highest BCUT2D eigenvalue weighted by atomic mass is 15.1. The molecule has 3 nitrogen and oxygen atoms in total. The van der Waals surface area contributed by atoms with Gasteiger partial charge in [0.25, 0.3) is 0 Å². The minimum Gasteiger partial charge on any atom is -0.314 e. The normalized spacial score (nSPS) is 26.4. The van der Waals surface area contributed by atoms with Crippen molar-refractivity contribution in [2.75, 3.05) is 20.1 Å². The number of rotatable bonds is 7. The Morgan fingerprint density at radius 1 is 1.26 bits per heavy atom. The van der Waals surface area contributed by atoms with E-state index in [1.165, 1.54) is 37.9 Å². The molecule has 2 unspecified atom stereocenters. The van der Waals surface area contributed by atoms with Gasteiger partial charge in [-0.1, -0.05) is 6.07 Å². The molecule has 2 aliphatic rings. The Balaban J connectivity index is 1.40. The van der Waals surface area contributed by atoms with Gasteiger partial charge in [-0.25, -0.2) is 0 Å². The minimum atomic E-state index is 0.787. The van der Waals surface area contributed by atoms with Crippen molar-refractivity contribution in [2.24, 2.45) is 5.92 Å². The first-order valence-corrected chi connectivity index (χ1v) is 7.66. The van der Waals surface area contributed by atoms with E-state index in [-0.39, 0.29) is 0 Å². The van der Waals surface area contributed by atoms with Crippen molar-refractivity contribution in [3.63, 3.8) is 0 Å². The van der Waals surface area contributed by atoms with E-state index in [4.69, 9.17) is 0 Å². The Morgan fingerprint density at radius 3 is 2.79 bits per heavy atom.